The van der Waals surface area contributed by atoms with Gasteiger partial charge in [0.05, 0.1) is 6.54 Å². The van der Waals surface area contributed by atoms with Crippen LogP contribution in [0.15, 0.2) is 34.7 Å². The van der Waals surface area contributed by atoms with E-state index < -0.39 is 0 Å². The predicted molar refractivity (Wildman–Crippen MR) is 72.7 cm³/mol. The van der Waals surface area contributed by atoms with Crippen molar-refractivity contribution in [1.29, 1.82) is 0 Å². The van der Waals surface area contributed by atoms with Gasteiger partial charge in [-0.1, -0.05) is 30.3 Å². The highest BCUT2D eigenvalue weighted by Gasteiger charge is 2.30. The fourth-order valence-electron chi connectivity index (χ4n) is 2.66. The number of hydrogen-bond donors (Lipinski definition) is 0. The van der Waals surface area contributed by atoms with Crippen LogP contribution in [-0.4, -0.2) is 27.5 Å². The summed E-state index contributed by atoms with van der Waals surface area (Å²) in [6.07, 6.45) is 1.54. The van der Waals surface area contributed by atoms with Crippen molar-refractivity contribution in [2.24, 2.45) is 5.92 Å². The molecular weight excluding hydrogens is 254 g/mol. The third-order valence-corrected chi connectivity index (χ3v) is 3.56. The van der Waals surface area contributed by atoms with Gasteiger partial charge >= 0.3 is 0 Å². The highest BCUT2D eigenvalue weighted by Crippen LogP contribution is 2.23. The summed E-state index contributed by atoms with van der Waals surface area (Å²) < 4.78 is 5.33. The van der Waals surface area contributed by atoms with E-state index in [2.05, 4.69) is 22.3 Å². The van der Waals surface area contributed by atoms with Crippen molar-refractivity contribution >= 4 is 5.91 Å². The molecule has 0 bridgehead atoms. The van der Waals surface area contributed by atoms with Crippen molar-refractivity contribution in [3.63, 3.8) is 0 Å². The number of hydrogen-bond acceptors (Lipinski definition) is 4. The van der Waals surface area contributed by atoms with E-state index in [0.717, 1.165) is 13.0 Å². The van der Waals surface area contributed by atoms with Crippen LogP contribution in [0.25, 0.3) is 0 Å². The largest absolute Gasteiger partial charge is 0.424 e. The average molecular weight is 271 g/mol. The maximum atomic E-state index is 12.0. The lowest BCUT2D eigenvalue weighted by Gasteiger charge is -2.14. The zero-order valence-corrected chi connectivity index (χ0v) is 11.5. The molecule has 0 saturated carbocycles. The number of amides is 1. The molecular formula is C15H17N3O2. The van der Waals surface area contributed by atoms with Crippen LogP contribution < -0.4 is 0 Å². The van der Waals surface area contributed by atoms with E-state index >= 15 is 0 Å². The molecule has 104 valence electrons. The van der Waals surface area contributed by atoms with Crippen molar-refractivity contribution in [2.45, 2.75) is 26.3 Å². The second-order valence-electron chi connectivity index (χ2n) is 5.25. The third-order valence-electron chi connectivity index (χ3n) is 3.56. The van der Waals surface area contributed by atoms with Gasteiger partial charge in [0.25, 0.3) is 0 Å². The summed E-state index contributed by atoms with van der Waals surface area (Å²) in [5, 5.41) is 7.73. The topological polar surface area (TPSA) is 59.2 Å². The number of aryl methyl sites for hydroxylation is 1. The zero-order chi connectivity index (χ0) is 13.9. The molecule has 2 heterocycles. The van der Waals surface area contributed by atoms with Gasteiger partial charge < -0.3 is 9.32 Å². The van der Waals surface area contributed by atoms with E-state index in [-0.39, 0.29) is 5.91 Å². The van der Waals surface area contributed by atoms with Gasteiger partial charge in [0.15, 0.2) is 0 Å². The number of rotatable bonds is 4. The lowest BCUT2D eigenvalue weighted by Crippen LogP contribution is -2.25. The molecule has 1 atom stereocenters. The summed E-state index contributed by atoms with van der Waals surface area (Å²) in [7, 11) is 0. The predicted octanol–water partition coefficient (Wildman–Crippen LogP) is 1.97. The maximum Gasteiger partial charge on any atom is 0.235 e. The first kappa shape index (κ1) is 12.8. The second-order valence-corrected chi connectivity index (χ2v) is 5.25. The molecule has 0 spiro atoms. The Kier molecular flexibility index (Phi) is 3.50. The summed E-state index contributed by atoms with van der Waals surface area (Å²) in [5.41, 5.74) is 1.28. The van der Waals surface area contributed by atoms with Crippen LogP contribution in [0.1, 0.15) is 23.8 Å². The third kappa shape index (κ3) is 2.87. The molecule has 1 fully saturated rings. The number of nitrogens with zero attached hydrogens (tertiary/aromatic N) is 3. The molecule has 1 aromatic heterocycles. The average Bonchev–Trinajstić information content (AvgIpc) is 2.98. The second kappa shape index (κ2) is 5.45. The van der Waals surface area contributed by atoms with Gasteiger partial charge in [-0.3, -0.25) is 4.79 Å². The molecule has 5 heteroatoms. The number of benzene rings is 1. The van der Waals surface area contributed by atoms with Crippen molar-refractivity contribution in [1.82, 2.24) is 15.1 Å². The van der Waals surface area contributed by atoms with Crippen LogP contribution in [0.4, 0.5) is 0 Å². The standard InChI is InChI=1S/C15H17N3O2/c1-11-16-17-14(20-11)10-18-9-13(8-15(18)19)7-12-5-3-2-4-6-12/h2-6,13H,7-10H2,1H3/t13-/m0/s1. The number of likely N-dealkylation sites (tertiary alicyclic amines) is 1. The van der Waals surface area contributed by atoms with Gasteiger partial charge in [0.1, 0.15) is 0 Å². The molecule has 1 amide bonds. The van der Waals surface area contributed by atoms with E-state index in [4.69, 9.17) is 4.42 Å². The quantitative estimate of drug-likeness (QED) is 0.853. The molecule has 1 aromatic carbocycles. The molecule has 2 aromatic rings. The van der Waals surface area contributed by atoms with Crippen LogP contribution in [-0.2, 0) is 17.8 Å². The molecule has 1 aliphatic rings. The molecule has 0 unspecified atom stereocenters. The van der Waals surface area contributed by atoms with E-state index in [1.165, 1.54) is 5.56 Å². The molecule has 3 rings (SSSR count). The fourth-order valence-corrected chi connectivity index (χ4v) is 2.66. The molecule has 5 nitrogen and oxygen atoms in total. The zero-order valence-electron chi connectivity index (χ0n) is 11.5. The summed E-state index contributed by atoms with van der Waals surface area (Å²) in [5.74, 6) is 1.58. The van der Waals surface area contributed by atoms with Crippen molar-refractivity contribution in [3.05, 3.63) is 47.7 Å². The van der Waals surface area contributed by atoms with E-state index in [1.807, 2.05) is 18.2 Å². The maximum absolute atomic E-state index is 12.0. The van der Waals surface area contributed by atoms with Gasteiger partial charge in [-0.15, -0.1) is 10.2 Å². The number of carbonyl (C=O) groups excluding carboxylic acids is 1. The molecule has 0 radical (unpaired) electrons. The summed E-state index contributed by atoms with van der Waals surface area (Å²) in [6.45, 7) is 2.93. The SMILES string of the molecule is Cc1nnc(CN2C[C@@H](Cc3ccccc3)CC2=O)o1. The first-order valence-electron chi connectivity index (χ1n) is 6.81. The van der Waals surface area contributed by atoms with E-state index in [1.54, 1.807) is 11.8 Å². The number of carbonyl (C=O) groups is 1. The molecule has 1 aliphatic heterocycles. The van der Waals surface area contributed by atoms with Crippen molar-refractivity contribution < 1.29 is 9.21 Å². The smallest absolute Gasteiger partial charge is 0.235 e. The highest BCUT2D eigenvalue weighted by atomic mass is 16.4. The Morgan fingerprint density at radius 2 is 2.10 bits per heavy atom. The van der Waals surface area contributed by atoms with Crippen LogP contribution in [0.3, 0.4) is 0 Å². The molecule has 20 heavy (non-hydrogen) atoms. The van der Waals surface area contributed by atoms with Crippen molar-refractivity contribution in [3.8, 4) is 0 Å². The highest BCUT2D eigenvalue weighted by molar-refractivity contribution is 5.78. The minimum absolute atomic E-state index is 0.168. The first-order chi connectivity index (χ1) is 9.70. The van der Waals surface area contributed by atoms with E-state index in [0.29, 0.717) is 30.7 Å². The lowest BCUT2D eigenvalue weighted by molar-refractivity contribution is -0.128. The Morgan fingerprint density at radius 1 is 1.30 bits per heavy atom. The fraction of sp³-hybridized carbons (Fsp3) is 0.400. The Bertz CT molecular complexity index is 594. The monoisotopic (exact) mass is 271 g/mol. The van der Waals surface area contributed by atoms with Crippen LogP contribution in [0, 0.1) is 12.8 Å². The van der Waals surface area contributed by atoms with Gasteiger partial charge in [-0.05, 0) is 17.9 Å². The Hall–Kier alpha value is -2.17. The number of aromatic nitrogens is 2. The van der Waals surface area contributed by atoms with Gasteiger partial charge in [-0.25, -0.2) is 0 Å². The Balaban J connectivity index is 1.60. The van der Waals surface area contributed by atoms with Gasteiger partial charge in [-0.2, -0.15) is 0 Å². The summed E-state index contributed by atoms with van der Waals surface area (Å²) in [4.78, 5) is 13.8. The lowest BCUT2D eigenvalue weighted by atomic mass is 9.99. The van der Waals surface area contributed by atoms with Gasteiger partial charge in [0, 0.05) is 19.9 Å². The normalized spacial score (nSPS) is 18.8. The Morgan fingerprint density at radius 3 is 2.80 bits per heavy atom. The molecule has 1 saturated heterocycles. The minimum Gasteiger partial charge on any atom is -0.424 e. The molecule has 0 N–H and O–H groups in total. The van der Waals surface area contributed by atoms with Crippen molar-refractivity contribution in [2.75, 3.05) is 6.54 Å². The molecule has 0 aliphatic carbocycles. The summed E-state index contributed by atoms with van der Waals surface area (Å²) in [6, 6.07) is 10.3. The minimum atomic E-state index is 0.168. The van der Waals surface area contributed by atoms with E-state index in [9.17, 15) is 4.79 Å². The first-order valence-corrected chi connectivity index (χ1v) is 6.81. The van der Waals surface area contributed by atoms with Crippen LogP contribution in [0.2, 0.25) is 0 Å². The van der Waals surface area contributed by atoms with Crippen LogP contribution >= 0.6 is 0 Å². The van der Waals surface area contributed by atoms with Gasteiger partial charge in [0.2, 0.25) is 17.7 Å². The summed E-state index contributed by atoms with van der Waals surface area (Å²) >= 11 is 0. The van der Waals surface area contributed by atoms with Crippen LogP contribution in [0.5, 0.6) is 0 Å². The Labute approximate surface area is 117 Å².